The first-order chi connectivity index (χ1) is 20.6. The van der Waals surface area contributed by atoms with Gasteiger partial charge in [0.1, 0.15) is 17.3 Å². The van der Waals surface area contributed by atoms with Gasteiger partial charge >= 0.3 is 11.9 Å². The summed E-state index contributed by atoms with van der Waals surface area (Å²) in [4.78, 5) is 22.2. The topological polar surface area (TPSA) is 127 Å². The molecule has 0 atom stereocenters. The van der Waals surface area contributed by atoms with Crippen molar-refractivity contribution in [2.45, 2.75) is 69.6 Å². The molecule has 0 bridgehead atoms. The number of aliphatic carboxylic acids is 2. The van der Waals surface area contributed by atoms with Crippen LogP contribution in [0.1, 0.15) is 63.0 Å². The van der Waals surface area contributed by atoms with E-state index in [1.807, 2.05) is 12.1 Å². The number of ether oxygens (including phenoxy) is 2. The normalized spacial score (nSPS) is 11.3. The summed E-state index contributed by atoms with van der Waals surface area (Å²) in [5, 5.41) is 18.0. The van der Waals surface area contributed by atoms with E-state index in [9.17, 15) is 27.5 Å². The largest absolute Gasteiger partial charge is 0.494 e. The van der Waals surface area contributed by atoms with Gasteiger partial charge in [-0.2, -0.15) is 0 Å². The molecule has 0 heterocycles. The molecule has 0 unspecified atom stereocenters. The molecule has 0 aliphatic heterocycles. The fourth-order valence-electron chi connectivity index (χ4n) is 4.67. The van der Waals surface area contributed by atoms with E-state index in [0.717, 1.165) is 43.2 Å². The highest BCUT2D eigenvalue weighted by Crippen LogP contribution is 2.30. The molecule has 0 aliphatic carbocycles. The highest BCUT2D eigenvalue weighted by atomic mass is 32.2. The lowest BCUT2D eigenvalue weighted by atomic mass is 9.97. The van der Waals surface area contributed by atoms with E-state index in [2.05, 4.69) is 0 Å². The summed E-state index contributed by atoms with van der Waals surface area (Å²) in [5.41, 5.74) is 3.20. The maximum absolute atomic E-state index is 13.4. The van der Waals surface area contributed by atoms with Crippen molar-refractivity contribution in [2.24, 2.45) is 0 Å². The van der Waals surface area contributed by atoms with E-state index in [-0.39, 0.29) is 35.9 Å². The van der Waals surface area contributed by atoms with Gasteiger partial charge in [0.2, 0.25) is 0 Å². The highest BCUT2D eigenvalue weighted by Gasteiger charge is 2.16. The molecule has 3 aromatic rings. The Balaban J connectivity index is 1.55. The molecular weight excluding hydrogens is 575 g/mol. The zero-order valence-electron chi connectivity index (χ0n) is 24.4. The number of rotatable bonds is 19. The van der Waals surface area contributed by atoms with Crippen LogP contribution in [0.3, 0.4) is 0 Å². The molecule has 0 saturated heterocycles. The molecule has 0 amide bonds. The lowest BCUT2D eigenvalue weighted by Gasteiger charge is -2.15. The zero-order chi connectivity index (χ0) is 31.2. The van der Waals surface area contributed by atoms with Gasteiger partial charge < -0.3 is 19.7 Å². The van der Waals surface area contributed by atoms with Crippen LogP contribution in [-0.2, 0) is 32.3 Å². The molecule has 0 aromatic heterocycles. The number of benzene rings is 3. The Labute approximate surface area is 252 Å². The monoisotopic (exact) mass is 614 g/mol. The third-order valence-electron chi connectivity index (χ3n) is 7.02. The third-order valence-corrected chi connectivity index (χ3v) is 8.73. The molecule has 0 fully saturated rings. The number of carboxylic acid groups (broad SMARTS) is 2. The Morgan fingerprint density at radius 1 is 0.767 bits per heavy atom. The van der Waals surface area contributed by atoms with Gasteiger partial charge in [0.05, 0.1) is 23.9 Å². The number of carboxylic acids is 2. The minimum Gasteiger partial charge on any atom is -0.494 e. The van der Waals surface area contributed by atoms with E-state index in [1.165, 1.54) is 18.2 Å². The second-order valence-corrected chi connectivity index (χ2v) is 12.5. The quantitative estimate of drug-likeness (QED) is 0.142. The predicted molar refractivity (Wildman–Crippen MR) is 162 cm³/mol. The minimum absolute atomic E-state index is 0.00650. The van der Waals surface area contributed by atoms with Crippen molar-refractivity contribution in [1.82, 2.24) is 0 Å². The zero-order valence-corrected chi connectivity index (χ0v) is 25.2. The first-order valence-electron chi connectivity index (χ1n) is 14.5. The molecule has 0 aliphatic rings. The number of sulfone groups is 1. The molecular formula is C33H39FO8S. The third kappa shape index (κ3) is 11.0. The molecule has 43 heavy (non-hydrogen) atoms. The molecule has 8 nitrogen and oxygen atoms in total. The average molecular weight is 615 g/mol. The number of halogens is 1. The van der Waals surface area contributed by atoms with Crippen LogP contribution >= 0.6 is 0 Å². The van der Waals surface area contributed by atoms with E-state index in [1.54, 1.807) is 37.3 Å². The van der Waals surface area contributed by atoms with Gasteiger partial charge in [0.25, 0.3) is 0 Å². The fourth-order valence-corrected chi connectivity index (χ4v) is 5.61. The van der Waals surface area contributed by atoms with E-state index in [4.69, 9.17) is 14.6 Å². The Kier molecular flexibility index (Phi) is 13.0. The SMILES string of the molecule is CCS(=O)(=O)c1cc(OCCCCCCc2cccc(OCCCC(=O)O)c2CCC(=O)O)cc(-c2ccc(F)cc2)c1. The Hall–Kier alpha value is -3.92. The molecule has 10 heteroatoms. The van der Waals surface area contributed by atoms with Crippen molar-refractivity contribution in [1.29, 1.82) is 0 Å². The number of carbonyl (C=O) groups is 2. The second-order valence-electron chi connectivity index (χ2n) is 10.2. The van der Waals surface area contributed by atoms with Gasteiger partial charge in [-0.3, -0.25) is 9.59 Å². The average Bonchev–Trinajstić information content (AvgIpc) is 2.98. The maximum atomic E-state index is 13.4. The molecule has 0 radical (unpaired) electrons. The van der Waals surface area contributed by atoms with E-state index in [0.29, 0.717) is 42.1 Å². The van der Waals surface area contributed by atoms with Gasteiger partial charge in [0, 0.05) is 12.8 Å². The highest BCUT2D eigenvalue weighted by molar-refractivity contribution is 7.91. The lowest BCUT2D eigenvalue weighted by molar-refractivity contribution is -0.138. The summed E-state index contributed by atoms with van der Waals surface area (Å²) in [7, 11) is -3.47. The predicted octanol–water partition coefficient (Wildman–Crippen LogP) is 6.73. The Bertz CT molecular complexity index is 1470. The molecule has 3 aromatic carbocycles. The molecule has 0 spiro atoms. The number of unbranched alkanes of at least 4 members (excludes halogenated alkanes) is 3. The number of hydrogen-bond donors (Lipinski definition) is 2. The van der Waals surface area contributed by atoms with Crippen molar-refractivity contribution >= 4 is 21.8 Å². The van der Waals surface area contributed by atoms with Gasteiger partial charge in [-0.15, -0.1) is 0 Å². The van der Waals surface area contributed by atoms with E-state index >= 15 is 0 Å². The van der Waals surface area contributed by atoms with E-state index < -0.39 is 21.8 Å². The summed E-state index contributed by atoms with van der Waals surface area (Å²) in [6, 6.07) is 16.4. The lowest BCUT2D eigenvalue weighted by Crippen LogP contribution is -2.07. The summed E-state index contributed by atoms with van der Waals surface area (Å²) < 4.78 is 50.3. The Morgan fingerprint density at radius 2 is 1.47 bits per heavy atom. The van der Waals surface area contributed by atoms with Crippen LogP contribution in [-0.4, -0.2) is 49.5 Å². The summed E-state index contributed by atoms with van der Waals surface area (Å²) in [6.45, 7) is 2.23. The van der Waals surface area contributed by atoms with Crippen LogP contribution in [0, 0.1) is 5.82 Å². The molecule has 0 saturated carbocycles. The fraction of sp³-hybridized carbons (Fsp3) is 0.394. The van der Waals surface area contributed by atoms with Crippen LogP contribution in [0.15, 0.2) is 65.6 Å². The van der Waals surface area contributed by atoms with Crippen molar-refractivity contribution in [2.75, 3.05) is 19.0 Å². The van der Waals surface area contributed by atoms with Crippen molar-refractivity contribution < 1.29 is 42.1 Å². The number of hydrogen-bond acceptors (Lipinski definition) is 6. The summed E-state index contributed by atoms with van der Waals surface area (Å²) >= 11 is 0. The first kappa shape index (κ1) is 33.6. The standard InChI is InChI=1S/C33H39FO8S/c1-2-43(39,40)29-22-26(24-13-15-27(34)16-14-24)21-28(23-29)41-19-6-4-3-5-9-25-10-7-11-31(30(25)17-18-33(37)38)42-20-8-12-32(35)36/h7,10-11,13-16,21-23H,2-6,8-9,12,17-20H2,1H3,(H,35,36)(H,37,38). The Morgan fingerprint density at radius 3 is 2.16 bits per heavy atom. The molecule has 2 N–H and O–H groups in total. The van der Waals surface area contributed by atoms with Gasteiger partial charge in [-0.25, -0.2) is 12.8 Å². The van der Waals surface area contributed by atoms with Gasteiger partial charge in [0.15, 0.2) is 9.84 Å². The molecule has 3 rings (SSSR count). The number of aryl methyl sites for hydroxylation is 1. The minimum atomic E-state index is -3.47. The smallest absolute Gasteiger partial charge is 0.303 e. The second kappa shape index (κ2) is 16.6. The summed E-state index contributed by atoms with van der Waals surface area (Å²) in [6.07, 6.45) is 4.86. The van der Waals surface area contributed by atoms with Crippen LogP contribution in [0.25, 0.3) is 11.1 Å². The summed E-state index contributed by atoms with van der Waals surface area (Å²) in [5.74, 6) is -1.15. The van der Waals surface area contributed by atoms with Crippen molar-refractivity contribution in [3.05, 3.63) is 77.6 Å². The van der Waals surface area contributed by atoms with Crippen molar-refractivity contribution in [3.63, 3.8) is 0 Å². The van der Waals surface area contributed by atoms with Crippen LogP contribution in [0.2, 0.25) is 0 Å². The molecule has 232 valence electrons. The van der Waals surface area contributed by atoms with Gasteiger partial charge in [-0.1, -0.05) is 44.0 Å². The van der Waals surface area contributed by atoms with Crippen LogP contribution in [0.5, 0.6) is 11.5 Å². The first-order valence-corrected chi connectivity index (χ1v) is 16.2. The van der Waals surface area contributed by atoms with Crippen LogP contribution in [0.4, 0.5) is 4.39 Å². The van der Waals surface area contributed by atoms with Crippen molar-refractivity contribution in [3.8, 4) is 22.6 Å². The maximum Gasteiger partial charge on any atom is 0.303 e. The van der Waals surface area contributed by atoms with Crippen LogP contribution < -0.4 is 9.47 Å². The van der Waals surface area contributed by atoms with Gasteiger partial charge in [-0.05, 0) is 90.8 Å².